The Labute approximate surface area is 243 Å². The van der Waals surface area contributed by atoms with Crippen LogP contribution in [0.25, 0.3) is 12.2 Å². The topological polar surface area (TPSA) is 115 Å². The number of rotatable bonds is 10. The van der Waals surface area contributed by atoms with E-state index in [1.54, 1.807) is 37.3 Å². The van der Waals surface area contributed by atoms with Crippen LogP contribution >= 0.6 is 11.6 Å². The van der Waals surface area contributed by atoms with E-state index in [1.165, 1.54) is 48.8 Å². The number of methoxy groups -OCH3 is 1. The summed E-state index contributed by atoms with van der Waals surface area (Å²) >= 11 is 6.15. The molecule has 2 aromatic carbocycles. The quantitative estimate of drug-likeness (QED) is 0.253. The predicted octanol–water partition coefficient (Wildman–Crippen LogP) is 5.02. The zero-order valence-corrected chi connectivity index (χ0v) is 24.3. The van der Waals surface area contributed by atoms with Crippen molar-refractivity contribution in [1.29, 1.82) is 0 Å². The second-order valence-corrected chi connectivity index (χ2v) is 11.8. The van der Waals surface area contributed by atoms with E-state index in [0.717, 1.165) is 0 Å². The lowest BCUT2D eigenvalue weighted by molar-refractivity contribution is -0.141. The molecule has 218 valence electrons. The third kappa shape index (κ3) is 7.16. The summed E-state index contributed by atoms with van der Waals surface area (Å²) < 4.78 is 60.3. The molecule has 1 aromatic heterocycles. The number of carbonyl (C=O) groups excluding carboxylic acids is 1. The Morgan fingerprint density at radius 3 is 2.78 bits per heavy atom. The predicted molar refractivity (Wildman–Crippen MR) is 153 cm³/mol. The van der Waals surface area contributed by atoms with Crippen molar-refractivity contribution in [3.05, 3.63) is 76.2 Å². The highest BCUT2D eigenvalue weighted by Crippen LogP contribution is 2.40. The summed E-state index contributed by atoms with van der Waals surface area (Å²) in [5.41, 5.74) is 1.58. The van der Waals surface area contributed by atoms with Gasteiger partial charge in [-0.25, -0.2) is 17.8 Å². The van der Waals surface area contributed by atoms with Crippen molar-refractivity contribution < 1.29 is 36.9 Å². The first-order valence-electron chi connectivity index (χ1n) is 12.8. The summed E-state index contributed by atoms with van der Waals surface area (Å²) in [5.74, 6) is -0.814. The molecule has 1 aliphatic heterocycles. The lowest BCUT2D eigenvalue weighted by atomic mass is 10.1. The molecular weight excluding hydrogens is 575 g/mol. The van der Waals surface area contributed by atoms with Gasteiger partial charge in [0.2, 0.25) is 5.88 Å². The lowest BCUT2D eigenvalue weighted by Crippen LogP contribution is -2.44. The number of hydrogen-bond acceptors (Lipinski definition) is 8. The average Bonchev–Trinajstić information content (AvgIpc) is 2.94. The SMILES string of the molecule is COC(=O)CC[C@H]1CN(S(=O)(=O)c2cc(C)cnc2OC[C@H](C)O)c2cc(/C=C/c3c(F)cccc3Cl)ccc2O1. The van der Waals surface area contributed by atoms with Gasteiger partial charge >= 0.3 is 5.97 Å². The third-order valence-electron chi connectivity index (χ3n) is 6.24. The maximum absolute atomic E-state index is 14.3. The number of halogens is 2. The molecule has 0 saturated carbocycles. The molecule has 0 unspecified atom stereocenters. The average molecular weight is 605 g/mol. The number of hydrogen-bond donors (Lipinski definition) is 1. The largest absolute Gasteiger partial charge is 0.486 e. The Morgan fingerprint density at radius 2 is 2.07 bits per heavy atom. The standard InChI is InChI=1S/C29H30ClFN2O7S/c1-18-13-27(29(32-15-18)39-17-19(2)34)41(36,37)33-16-21(9-12-28(35)38-3)40-26-11-8-20(14-25(26)33)7-10-22-23(30)5-4-6-24(22)31/h4-8,10-11,13-15,19,21,34H,9,12,16-17H2,1-3H3/b10-7+/t19-,21-/m0/s1. The van der Waals surface area contributed by atoms with Crippen LogP contribution in [0.5, 0.6) is 11.6 Å². The van der Waals surface area contributed by atoms with Gasteiger partial charge in [0.25, 0.3) is 10.0 Å². The van der Waals surface area contributed by atoms with Crippen molar-refractivity contribution in [2.75, 3.05) is 24.6 Å². The van der Waals surface area contributed by atoms with Gasteiger partial charge in [-0.15, -0.1) is 0 Å². The molecule has 4 rings (SSSR count). The van der Waals surface area contributed by atoms with E-state index in [9.17, 15) is 22.7 Å². The minimum absolute atomic E-state index is 0.0311. The lowest BCUT2D eigenvalue weighted by Gasteiger charge is -2.36. The van der Waals surface area contributed by atoms with Crippen LogP contribution < -0.4 is 13.8 Å². The number of sulfonamides is 1. The number of aryl methyl sites for hydroxylation is 1. The number of benzene rings is 2. The molecule has 2 heterocycles. The van der Waals surface area contributed by atoms with Crippen LogP contribution in [0.4, 0.5) is 10.1 Å². The number of pyridine rings is 1. The van der Waals surface area contributed by atoms with Gasteiger partial charge in [0.05, 0.1) is 30.5 Å². The van der Waals surface area contributed by atoms with E-state index in [4.69, 9.17) is 25.8 Å². The Balaban J connectivity index is 1.77. The van der Waals surface area contributed by atoms with Gasteiger partial charge in [0.15, 0.2) is 0 Å². The minimum Gasteiger partial charge on any atom is -0.486 e. The van der Waals surface area contributed by atoms with E-state index in [-0.39, 0.29) is 58.8 Å². The van der Waals surface area contributed by atoms with Crippen LogP contribution in [0.2, 0.25) is 5.02 Å². The molecule has 0 aliphatic carbocycles. The smallest absolute Gasteiger partial charge is 0.305 e. The van der Waals surface area contributed by atoms with Crippen LogP contribution in [0.3, 0.4) is 0 Å². The van der Waals surface area contributed by atoms with Crippen molar-refractivity contribution >= 4 is 45.4 Å². The number of aliphatic hydroxyl groups is 1. The molecule has 3 aromatic rings. The Kier molecular flexibility index (Phi) is 9.52. The molecule has 0 bridgehead atoms. The fourth-order valence-electron chi connectivity index (χ4n) is 4.18. The molecule has 0 spiro atoms. The highest BCUT2D eigenvalue weighted by Gasteiger charge is 2.37. The van der Waals surface area contributed by atoms with Crippen LogP contribution in [-0.4, -0.2) is 56.9 Å². The molecule has 0 radical (unpaired) electrons. The third-order valence-corrected chi connectivity index (χ3v) is 8.34. The molecule has 12 heteroatoms. The number of nitrogens with zero attached hydrogens (tertiary/aromatic N) is 2. The molecule has 2 atom stereocenters. The van der Waals surface area contributed by atoms with Crippen molar-refractivity contribution in [1.82, 2.24) is 4.98 Å². The molecule has 0 amide bonds. The summed E-state index contributed by atoms with van der Waals surface area (Å²) in [7, 11) is -3.01. The first-order valence-corrected chi connectivity index (χ1v) is 14.6. The van der Waals surface area contributed by atoms with Gasteiger partial charge < -0.3 is 19.3 Å². The number of aliphatic hydroxyl groups excluding tert-OH is 1. The van der Waals surface area contributed by atoms with Crippen LogP contribution in [0, 0.1) is 12.7 Å². The molecular formula is C29H30ClFN2O7S. The first kappa shape index (κ1) is 30.3. The number of esters is 1. The second kappa shape index (κ2) is 12.9. The maximum Gasteiger partial charge on any atom is 0.305 e. The Morgan fingerprint density at radius 1 is 1.29 bits per heavy atom. The molecule has 0 saturated heterocycles. The van der Waals surface area contributed by atoms with Crippen molar-refractivity contribution in [3.63, 3.8) is 0 Å². The van der Waals surface area contributed by atoms with Crippen LogP contribution in [0.1, 0.15) is 36.5 Å². The normalized spacial score (nSPS) is 15.8. The van der Waals surface area contributed by atoms with Crippen molar-refractivity contribution in [2.45, 2.75) is 43.8 Å². The molecule has 1 N–H and O–H groups in total. The Hall–Kier alpha value is -3.67. The number of carbonyl (C=O) groups is 1. The fraction of sp³-hybridized carbons (Fsp3) is 0.310. The van der Waals surface area contributed by atoms with Crippen molar-refractivity contribution in [3.8, 4) is 11.6 Å². The number of ether oxygens (including phenoxy) is 3. The van der Waals surface area contributed by atoms with Gasteiger partial charge in [0.1, 0.15) is 29.2 Å². The van der Waals surface area contributed by atoms with Crippen LogP contribution in [-0.2, 0) is 19.6 Å². The van der Waals surface area contributed by atoms with Gasteiger partial charge in [-0.05, 0) is 67.8 Å². The van der Waals surface area contributed by atoms with Gasteiger partial charge in [-0.1, -0.05) is 29.8 Å². The van der Waals surface area contributed by atoms with Gasteiger partial charge in [0, 0.05) is 18.2 Å². The fourth-order valence-corrected chi connectivity index (χ4v) is 6.08. The number of anilines is 1. The van der Waals surface area contributed by atoms with Gasteiger partial charge in [-0.3, -0.25) is 9.10 Å². The van der Waals surface area contributed by atoms with E-state index in [0.29, 0.717) is 11.1 Å². The number of aromatic nitrogens is 1. The zero-order valence-electron chi connectivity index (χ0n) is 22.7. The second-order valence-electron chi connectivity index (χ2n) is 9.56. The number of fused-ring (bicyclic) bond motifs is 1. The zero-order chi connectivity index (χ0) is 29.7. The van der Waals surface area contributed by atoms with E-state index < -0.39 is 34.0 Å². The summed E-state index contributed by atoms with van der Waals surface area (Å²) in [5, 5.41) is 9.93. The monoisotopic (exact) mass is 604 g/mol. The van der Waals surface area contributed by atoms with Crippen molar-refractivity contribution in [2.24, 2.45) is 0 Å². The van der Waals surface area contributed by atoms with E-state index in [1.807, 2.05) is 0 Å². The van der Waals surface area contributed by atoms with Crippen LogP contribution in [0.15, 0.2) is 53.6 Å². The van der Waals surface area contributed by atoms with Gasteiger partial charge in [-0.2, -0.15) is 0 Å². The molecule has 0 fully saturated rings. The van der Waals surface area contributed by atoms with E-state index >= 15 is 0 Å². The highest BCUT2D eigenvalue weighted by atomic mass is 35.5. The molecule has 1 aliphatic rings. The summed E-state index contributed by atoms with van der Waals surface area (Å²) in [6.45, 7) is 2.94. The maximum atomic E-state index is 14.3. The van der Waals surface area contributed by atoms with E-state index in [2.05, 4.69) is 4.98 Å². The molecule has 41 heavy (non-hydrogen) atoms. The Bertz CT molecular complexity index is 1540. The summed E-state index contributed by atoms with van der Waals surface area (Å²) in [6.07, 6.45) is 3.33. The summed E-state index contributed by atoms with van der Waals surface area (Å²) in [4.78, 5) is 15.8. The summed E-state index contributed by atoms with van der Waals surface area (Å²) in [6, 6.07) is 10.7. The molecule has 9 nitrogen and oxygen atoms in total. The highest BCUT2D eigenvalue weighted by molar-refractivity contribution is 7.93. The first-order chi connectivity index (χ1) is 19.5. The minimum atomic E-state index is -4.29.